The predicted molar refractivity (Wildman–Crippen MR) is 120 cm³/mol. The summed E-state index contributed by atoms with van der Waals surface area (Å²) in [5, 5.41) is 5.70. The second-order valence-electron chi connectivity index (χ2n) is 8.57. The summed E-state index contributed by atoms with van der Waals surface area (Å²) in [6.45, 7) is 5.10. The number of ether oxygens (including phenoxy) is 3. The topological polar surface area (TPSA) is 94.6 Å². The quantitative estimate of drug-likeness (QED) is 0.731. The van der Waals surface area contributed by atoms with Crippen LogP contribution in [0.15, 0.2) is 23.0 Å². The van der Waals surface area contributed by atoms with Crippen LogP contribution in [0, 0.1) is 0 Å². The number of H-pyrrole nitrogens is 1. The van der Waals surface area contributed by atoms with Crippen molar-refractivity contribution in [3.8, 4) is 5.75 Å². The van der Waals surface area contributed by atoms with Gasteiger partial charge >= 0.3 is 0 Å². The van der Waals surface area contributed by atoms with Crippen LogP contribution in [0.3, 0.4) is 0 Å². The summed E-state index contributed by atoms with van der Waals surface area (Å²) >= 11 is 1.45. The van der Waals surface area contributed by atoms with Crippen LogP contribution < -0.4 is 15.6 Å². The number of benzene rings is 1. The second-order valence-corrected chi connectivity index (χ2v) is 9.66. The molecule has 2 aromatic rings. The Bertz CT molecular complexity index is 1030. The lowest BCUT2D eigenvalue weighted by atomic mass is 9.94. The smallest absolute Gasteiger partial charge is 0.270 e. The van der Waals surface area contributed by atoms with E-state index in [4.69, 9.17) is 14.2 Å². The van der Waals surface area contributed by atoms with E-state index in [0.29, 0.717) is 24.6 Å². The van der Waals surface area contributed by atoms with Crippen molar-refractivity contribution in [1.29, 1.82) is 0 Å². The van der Waals surface area contributed by atoms with E-state index >= 15 is 0 Å². The number of carbonyl (C=O) groups is 1. The molecule has 1 amide bonds. The number of hydrogen-bond donors (Lipinski definition) is 2. The monoisotopic (exact) mass is 447 g/mol. The van der Waals surface area contributed by atoms with Crippen molar-refractivity contribution in [2.45, 2.75) is 50.2 Å². The SMILES string of the molecule is COCc1cc([C@@H]2SCC(=O)Nc3c2c(=O)[nH]n3[C@H]2CCOC(C)(C)C2)ccc1OC. The molecule has 1 saturated heterocycles. The zero-order valence-electron chi connectivity index (χ0n) is 18.3. The molecule has 2 N–H and O–H groups in total. The number of amides is 1. The normalized spacial score (nSPS) is 23.0. The van der Waals surface area contributed by atoms with Crippen molar-refractivity contribution in [1.82, 2.24) is 9.78 Å². The molecular weight excluding hydrogens is 418 g/mol. The van der Waals surface area contributed by atoms with Gasteiger partial charge in [-0.05, 0) is 44.4 Å². The molecule has 2 aliphatic heterocycles. The molecule has 0 aliphatic carbocycles. The van der Waals surface area contributed by atoms with E-state index in [-0.39, 0.29) is 34.1 Å². The van der Waals surface area contributed by atoms with Crippen LogP contribution in [0.5, 0.6) is 5.75 Å². The number of rotatable bonds is 5. The minimum Gasteiger partial charge on any atom is -0.496 e. The number of methoxy groups -OCH3 is 2. The molecule has 2 aliphatic rings. The molecule has 0 unspecified atom stereocenters. The van der Waals surface area contributed by atoms with Gasteiger partial charge in [0.1, 0.15) is 11.6 Å². The van der Waals surface area contributed by atoms with Crippen LogP contribution in [0.2, 0.25) is 0 Å². The minimum absolute atomic E-state index is 0.0455. The highest BCUT2D eigenvalue weighted by molar-refractivity contribution is 8.00. The Morgan fingerprint density at radius 2 is 2.10 bits per heavy atom. The Hall–Kier alpha value is -2.23. The number of carbonyl (C=O) groups excluding carboxylic acids is 1. The van der Waals surface area contributed by atoms with Crippen molar-refractivity contribution in [3.63, 3.8) is 0 Å². The molecule has 9 heteroatoms. The van der Waals surface area contributed by atoms with E-state index in [2.05, 4.69) is 10.4 Å². The minimum atomic E-state index is -0.287. The Kier molecular flexibility index (Phi) is 6.18. The average Bonchev–Trinajstić information content (AvgIpc) is 2.93. The molecule has 4 rings (SSSR count). The highest BCUT2D eigenvalue weighted by Gasteiger charge is 2.36. The number of nitrogens with one attached hydrogen (secondary N) is 2. The maximum Gasteiger partial charge on any atom is 0.270 e. The van der Waals surface area contributed by atoms with Gasteiger partial charge in [0.05, 0.1) is 41.9 Å². The lowest BCUT2D eigenvalue weighted by Crippen LogP contribution is -2.36. The molecule has 1 fully saturated rings. The summed E-state index contributed by atoms with van der Waals surface area (Å²) in [7, 11) is 3.25. The third-order valence-electron chi connectivity index (χ3n) is 5.81. The van der Waals surface area contributed by atoms with Gasteiger partial charge in [0.2, 0.25) is 5.91 Å². The lowest BCUT2D eigenvalue weighted by molar-refractivity contribution is -0.113. The molecule has 168 valence electrons. The van der Waals surface area contributed by atoms with Gasteiger partial charge in [0.25, 0.3) is 5.56 Å². The molecule has 3 heterocycles. The van der Waals surface area contributed by atoms with Crippen LogP contribution in [0.1, 0.15) is 54.7 Å². The van der Waals surface area contributed by atoms with Crippen LogP contribution in [0.25, 0.3) is 0 Å². The Morgan fingerprint density at radius 1 is 1.29 bits per heavy atom. The number of aromatic nitrogens is 2. The fraction of sp³-hybridized carbons (Fsp3) is 0.545. The molecule has 8 nitrogen and oxygen atoms in total. The summed E-state index contributed by atoms with van der Waals surface area (Å²) in [5.41, 5.74) is 1.95. The summed E-state index contributed by atoms with van der Waals surface area (Å²) < 4.78 is 18.4. The van der Waals surface area contributed by atoms with Gasteiger partial charge in [-0.1, -0.05) is 6.07 Å². The summed E-state index contributed by atoms with van der Waals surface area (Å²) in [4.78, 5) is 25.7. The molecule has 0 spiro atoms. The van der Waals surface area contributed by atoms with E-state index in [1.165, 1.54) is 11.8 Å². The Morgan fingerprint density at radius 3 is 2.81 bits per heavy atom. The summed E-state index contributed by atoms with van der Waals surface area (Å²) in [6, 6.07) is 5.87. The maximum absolute atomic E-state index is 13.1. The van der Waals surface area contributed by atoms with E-state index in [1.807, 2.05) is 36.7 Å². The number of anilines is 1. The van der Waals surface area contributed by atoms with Crippen LogP contribution in [-0.2, 0) is 20.9 Å². The van der Waals surface area contributed by atoms with E-state index < -0.39 is 0 Å². The standard InChI is InChI=1S/C22H29N3O5S/c1-22(2)10-15(7-8-30-22)25-20-18(21(27)24-25)19(31-12-17(26)23-20)13-5-6-16(29-4)14(9-13)11-28-3/h5-6,9,15,19H,7-8,10-12H2,1-4H3,(H,23,26)(H,24,27)/t15-,19-/m0/s1. The molecule has 0 radical (unpaired) electrons. The van der Waals surface area contributed by atoms with Gasteiger partial charge in [0.15, 0.2) is 0 Å². The Labute approximate surface area is 185 Å². The van der Waals surface area contributed by atoms with Crippen molar-refractivity contribution in [2.24, 2.45) is 0 Å². The average molecular weight is 448 g/mol. The van der Waals surface area contributed by atoms with Crippen LogP contribution >= 0.6 is 11.8 Å². The molecular formula is C22H29N3O5S. The van der Waals surface area contributed by atoms with Gasteiger partial charge in [-0.25, -0.2) is 0 Å². The van der Waals surface area contributed by atoms with Crippen molar-refractivity contribution in [2.75, 3.05) is 31.9 Å². The zero-order chi connectivity index (χ0) is 22.2. The van der Waals surface area contributed by atoms with E-state index in [9.17, 15) is 9.59 Å². The Balaban J connectivity index is 1.79. The third kappa shape index (κ3) is 4.40. The number of nitrogens with zero attached hydrogens (tertiary/aromatic N) is 1. The highest BCUT2D eigenvalue weighted by Crippen LogP contribution is 2.43. The molecule has 1 aromatic carbocycles. The van der Waals surface area contributed by atoms with Gasteiger partial charge in [-0.2, -0.15) is 0 Å². The predicted octanol–water partition coefficient (Wildman–Crippen LogP) is 3.24. The van der Waals surface area contributed by atoms with Crippen molar-refractivity contribution in [3.05, 3.63) is 45.2 Å². The lowest BCUT2D eigenvalue weighted by Gasteiger charge is -2.36. The molecule has 31 heavy (non-hydrogen) atoms. The van der Waals surface area contributed by atoms with E-state index in [1.54, 1.807) is 14.2 Å². The second kappa shape index (κ2) is 8.72. The third-order valence-corrected chi connectivity index (χ3v) is 7.08. The first-order valence-electron chi connectivity index (χ1n) is 10.4. The largest absolute Gasteiger partial charge is 0.496 e. The number of thioether (sulfide) groups is 1. The number of fused-ring (bicyclic) bond motifs is 1. The number of aromatic amines is 1. The van der Waals surface area contributed by atoms with Gasteiger partial charge in [-0.3, -0.25) is 19.4 Å². The van der Waals surface area contributed by atoms with Crippen molar-refractivity contribution >= 4 is 23.5 Å². The van der Waals surface area contributed by atoms with Crippen LogP contribution in [-0.4, -0.2) is 47.9 Å². The highest BCUT2D eigenvalue weighted by atomic mass is 32.2. The molecule has 2 atom stereocenters. The first-order chi connectivity index (χ1) is 14.8. The maximum atomic E-state index is 13.1. The van der Waals surface area contributed by atoms with Crippen LogP contribution in [0.4, 0.5) is 5.82 Å². The first kappa shape index (κ1) is 22.0. The van der Waals surface area contributed by atoms with E-state index in [0.717, 1.165) is 29.7 Å². The zero-order valence-corrected chi connectivity index (χ0v) is 19.1. The van der Waals surface area contributed by atoms with Gasteiger partial charge in [0, 0.05) is 19.3 Å². The summed E-state index contributed by atoms with van der Waals surface area (Å²) in [6.07, 6.45) is 1.52. The first-order valence-corrected chi connectivity index (χ1v) is 11.4. The van der Waals surface area contributed by atoms with Crippen molar-refractivity contribution < 1.29 is 19.0 Å². The van der Waals surface area contributed by atoms with Gasteiger partial charge < -0.3 is 19.5 Å². The molecule has 1 aromatic heterocycles. The molecule has 0 saturated carbocycles. The summed E-state index contributed by atoms with van der Waals surface area (Å²) in [5.74, 6) is 1.45. The fourth-order valence-corrected chi connectivity index (χ4v) is 5.55. The van der Waals surface area contributed by atoms with Gasteiger partial charge in [-0.15, -0.1) is 11.8 Å². The fourth-order valence-electron chi connectivity index (χ4n) is 4.43. The number of hydrogen-bond acceptors (Lipinski definition) is 6. The molecule has 0 bridgehead atoms.